The zero-order valence-electron chi connectivity index (χ0n) is 10.8. The van der Waals surface area contributed by atoms with Gasteiger partial charge in [-0.3, -0.25) is 0 Å². The van der Waals surface area contributed by atoms with Gasteiger partial charge in [-0.05, 0) is 37.7 Å². The van der Waals surface area contributed by atoms with E-state index < -0.39 is 5.82 Å². The highest BCUT2D eigenvalue weighted by atomic mass is 19.1. The van der Waals surface area contributed by atoms with Gasteiger partial charge < -0.3 is 10.5 Å². The number of rotatable bonds is 5. The standard InChI is InChI=1S/C14H16FN3O/c1-2-19-13-4-3-10(9-11(13)15)12-6-8-17-14(18-12)5-7-16/h3-4,6,8-9H,2,5,7,16H2,1H3. The molecule has 2 N–H and O–H groups in total. The molecule has 0 amide bonds. The summed E-state index contributed by atoms with van der Waals surface area (Å²) in [5.74, 6) is 0.523. The zero-order chi connectivity index (χ0) is 13.7. The minimum Gasteiger partial charge on any atom is -0.491 e. The van der Waals surface area contributed by atoms with Crippen molar-refractivity contribution in [3.63, 3.8) is 0 Å². The van der Waals surface area contributed by atoms with Crippen LogP contribution in [0, 0.1) is 5.82 Å². The SMILES string of the molecule is CCOc1ccc(-c2ccnc(CCN)n2)cc1F. The summed E-state index contributed by atoms with van der Waals surface area (Å²) in [7, 11) is 0. The summed E-state index contributed by atoms with van der Waals surface area (Å²) >= 11 is 0. The largest absolute Gasteiger partial charge is 0.491 e. The zero-order valence-corrected chi connectivity index (χ0v) is 10.8. The number of benzene rings is 1. The van der Waals surface area contributed by atoms with Crippen LogP contribution in [0.4, 0.5) is 4.39 Å². The molecule has 0 fully saturated rings. The third kappa shape index (κ3) is 3.26. The van der Waals surface area contributed by atoms with Crippen LogP contribution in [0.15, 0.2) is 30.5 Å². The lowest BCUT2D eigenvalue weighted by atomic mass is 10.1. The number of aromatic nitrogens is 2. The normalized spacial score (nSPS) is 10.5. The summed E-state index contributed by atoms with van der Waals surface area (Å²) in [5.41, 5.74) is 6.85. The van der Waals surface area contributed by atoms with Crippen molar-refractivity contribution >= 4 is 0 Å². The third-order valence-electron chi connectivity index (χ3n) is 2.60. The Morgan fingerprint density at radius 3 is 2.84 bits per heavy atom. The Labute approximate surface area is 111 Å². The number of hydrogen-bond acceptors (Lipinski definition) is 4. The highest BCUT2D eigenvalue weighted by Gasteiger charge is 2.07. The van der Waals surface area contributed by atoms with Crippen LogP contribution >= 0.6 is 0 Å². The summed E-state index contributed by atoms with van der Waals surface area (Å²) in [6.45, 7) is 2.74. The van der Waals surface area contributed by atoms with Gasteiger partial charge in [0.15, 0.2) is 11.6 Å². The minimum absolute atomic E-state index is 0.252. The second-order valence-electron chi connectivity index (χ2n) is 3.97. The van der Waals surface area contributed by atoms with E-state index in [0.717, 1.165) is 0 Å². The van der Waals surface area contributed by atoms with Gasteiger partial charge in [-0.2, -0.15) is 0 Å². The molecular weight excluding hydrogens is 245 g/mol. The van der Waals surface area contributed by atoms with Gasteiger partial charge in [0.05, 0.1) is 12.3 Å². The molecule has 2 rings (SSSR count). The van der Waals surface area contributed by atoms with Crippen molar-refractivity contribution in [2.24, 2.45) is 5.73 Å². The molecule has 0 bridgehead atoms. The van der Waals surface area contributed by atoms with Crippen molar-refractivity contribution < 1.29 is 9.13 Å². The van der Waals surface area contributed by atoms with Gasteiger partial charge in [-0.1, -0.05) is 0 Å². The van der Waals surface area contributed by atoms with Gasteiger partial charge in [-0.15, -0.1) is 0 Å². The fourth-order valence-corrected chi connectivity index (χ4v) is 1.74. The van der Waals surface area contributed by atoms with E-state index in [4.69, 9.17) is 10.5 Å². The minimum atomic E-state index is -0.390. The van der Waals surface area contributed by atoms with Gasteiger partial charge in [0, 0.05) is 18.2 Å². The smallest absolute Gasteiger partial charge is 0.165 e. The summed E-state index contributed by atoms with van der Waals surface area (Å²) in [4.78, 5) is 8.47. The first-order chi connectivity index (χ1) is 9.24. The lowest BCUT2D eigenvalue weighted by Gasteiger charge is -2.07. The highest BCUT2D eigenvalue weighted by molar-refractivity contribution is 5.60. The van der Waals surface area contributed by atoms with E-state index in [1.807, 2.05) is 6.92 Å². The molecule has 100 valence electrons. The van der Waals surface area contributed by atoms with E-state index in [-0.39, 0.29) is 5.75 Å². The van der Waals surface area contributed by atoms with Crippen LogP contribution in [0.5, 0.6) is 5.75 Å². The Morgan fingerprint density at radius 2 is 2.16 bits per heavy atom. The van der Waals surface area contributed by atoms with Crippen molar-refractivity contribution in [3.05, 3.63) is 42.1 Å². The Bertz CT molecular complexity index is 560. The molecule has 0 aliphatic rings. The summed E-state index contributed by atoms with van der Waals surface area (Å²) < 4.78 is 18.9. The van der Waals surface area contributed by atoms with Crippen LogP contribution < -0.4 is 10.5 Å². The quantitative estimate of drug-likeness (QED) is 0.896. The molecule has 0 unspecified atom stereocenters. The Balaban J connectivity index is 2.31. The number of halogens is 1. The molecule has 1 aromatic carbocycles. The number of nitrogens with two attached hydrogens (primary N) is 1. The predicted molar refractivity (Wildman–Crippen MR) is 71.4 cm³/mol. The highest BCUT2D eigenvalue weighted by Crippen LogP contribution is 2.24. The molecule has 5 heteroatoms. The van der Waals surface area contributed by atoms with E-state index in [0.29, 0.717) is 36.7 Å². The molecule has 0 radical (unpaired) electrons. The monoisotopic (exact) mass is 261 g/mol. The molecule has 0 saturated carbocycles. The van der Waals surface area contributed by atoms with E-state index in [1.54, 1.807) is 24.4 Å². The molecule has 4 nitrogen and oxygen atoms in total. The average molecular weight is 261 g/mol. The molecule has 0 aliphatic carbocycles. The third-order valence-corrected chi connectivity index (χ3v) is 2.60. The van der Waals surface area contributed by atoms with Crippen LogP contribution in [0.25, 0.3) is 11.3 Å². The van der Waals surface area contributed by atoms with Gasteiger partial charge in [-0.25, -0.2) is 14.4 Å². The molecular formula is C14H16FN3O. The van der Waals surface area contributed by atoms with Crippen molar-refractivity contribution in [2.45, 2.75) is 13.3 Å². The maximum Gasteiger partial charge on any atom is 0.165 e. The molecule has 0 aliphatic heterocycles. The number of ether oxygens (including phenoxy) is 1. The Kier molecular flexibility index (Phi) is 4.41. The summed E-state index contributed by atoms with van der Waals surface area (Å²) in [5, 5.41) is 0. The number of hydrogen-bond donors (Lipinski definition) is 1. The Hall–Kier alpha value is -2.01. The average Bonchev–Trinajstić information content (AvgIpc) is 2.42. The molecule has 19 heavy (non-hydrogen) atoms. The van der Waals surface area contributed by atoms with Crippen molar-refractivity contribution in [2.75, 3.05) is 13.2 Å². The molecule has 0 spiro atoms. The fraction of sp³-hybridized carbons (Fsp3) is 0.286. The predicted octanol–water partition coefficient (Wildman–Crippen LogP) is 2.18. The lowest BCUT2D eigenvalue weighted by Crippen LogP contribution is -2.06. The summed E-state index contributed by atoms with van der Waals surface area (Å²) in [6.07, 6.45) is 2.26. The van der Waals surface area contributed by atoms with Crippen molar-refractivity contribution in [1.29, 1.82) is 0 Å². The van der Waals surface area contributed by atoms with Crippen LogP contribution in [-0.4, -0.2) is 23.1 Å². The van der Waals surface area contributed by atoms with Crippen molar-refractivity contribution in [3.8, 4) is 17.0 Å². The van der Waals surface area contributed by atoms with Crippen LogP contribution in [-0.2, 0) is 6.42 Å². The van der Waals surface area contributed by atoms with E-state index >= 15 is 0 Å². The topological polar surface area (TPSA) is 61.0 Å². The van der Waals surface area contributed by atoms with Crippen LogP contribution in [0.1, 0.15) is 12.7 Å². The second kappa shape index (κ2) is 6.24. The maximum atomic E-state index is 13.8. The van der Waals surface area contributed by atoms with E-state index in [1.165, 1.54) is 6.07 Å². The molecule has 0 saturated heterocycles. The van der Waals surface area contributed by atoms with Crippen LogP contribution in [0.3, 0.4) is 0 Å². The van der Waals surface area contributed by atoms with Gasteiger partial charge in [0.25, 0.3) is 0 Å². The van der Waals surface area contributed by atoms with Gasteiger partial charge in [0.2, 0.25) is 0 Å². The summed E-state index contributed by atoms with van der Waals surface area (Å²) in [6, 6.07) is 6.55. The second-order valence-corrected chi connectivity index (χ2v) is 3.97. The Morgan fingerprint density at radius 1 is 1.32 bits per heavy atom. The molecule has 1 aromatic heterocycles. The molecule has 1 heterocycles. The van der Waals surface area contributed by atoms with Crippen molar-refractivity contribution in [1.82, 2.24) is 9.97 Å². The number of nitrogens with zero attached hydrogens (tertiary/aromatic N) is 2. The van der Waals surface area contributed by atoms with E-state index in [9.17, 15) is 4.39 Å². The fourth-order valence-electron chi connectivity index (χ4n) is 1.74. The first kappa shape index (κ1) is 13.4. The molecule has 2 aromatic rings. The lowest BCUT2D eigenvalue weighted by molar-refractivity contribution is 0.321. The first-order valence-corrected chi connectivity index (χ1v) is 6.19. The van der Waals surface area contributed by atoms with E-state index in [2.05, 4.69) is 9.97 Å². The molecule has 0 atom stereocenters. The van der Waals surface area contributed by atoms with Gasteiger partial charge in [0.1, 0.15) is 5.82 Å². The first-order valence-electron chi connectivity index (χ1n) is 6.19. The maximum absolute atomic E-state index is 13.8. The van der Waals surface area contributed by atoms with Gasteiger partial charge >= 0.3 is 0 Å². The van der Waals surface area contributed by atoms with Crippen LogP contribution in [0.2, 0.25) is 0 Å².